The Morgan fingerprint density at radius 3 is 2.43 bits per heavy atom. The number of rotatable bonds is 8. The molecule has 0 saturated carbocycles. The minimum Gasteiger partial charge on any atom is -0.487 e. The highest BCUT2D eigenvalue weighted by molar-refractivity contribution is 7.80. The lowest BCUT2D eigenvalue weighted by atomic mass is 10.1. The second-order valence-corrected chi connectivity index (χ2v) is 6.86. The van der Waals surface area contributed by atoms with Gasteiger partial charge in [-0.3, -0.25) is 20.2 Å². The molecule has 0 unspecified atom stereocenters. The SMILES string of the molecule is CCOc1ccc(C(=O)NC(=S)Nc2ccc(N(CC)CC)cc2C)cc1[N+](=O)[O-]. The summed E-state index contributed by atoms with van der Waals surface area (Å²) in [7, 11) is 0. The number of carbonyl (C=O) groups excluding carboxylic acids is 1. The number of anilines is 2. The lowest BCUT2D eigenvalue weighted by molar-refractivity contribution is -0.385. The fourth-order valence-electron chi connectivity index (χ4n) is 2.98. The fraction of sp³-hybridized carbons (Fsp3) is 0.333. The zero-order valence-corrected chi connectivity index (χ0v) is 18.3. The molecular formula is C21H26N4O4S. The summed E-state index contributed by atoms with van der Waals surface area (Å²) in [5.41, 5.74) is 2.70. The first-order valence-corrected chi connectivity index (χ1v) is 10.1. The van der Waals surface area contributed by atoms with E-state index in [0.717, 1.165) is 30.0 Å². The number of thiocarbonyl (C=S) groups is 1. The first-order chi connectivity index (χ1) is 14.3. The molecule has 0 aliphatic carbocycles. The third-order valence-corrected chi connectivity index (χ3v) is 4.74. The maximum Gasteiger partial charge on any atom is 0.311 e. The molecule has 2 aromatic rings. The average molecular weight is 431 g/mol. The Morgan fingerprint density at radius 1 is 1.17 bits per heavy atom. The molecule has 0 bridgehead atoms. The minimum atomic E-state index is -0.584. The molecule has 8 nitrogen and oxygen atoms in total. The zero-order valence-electron chi connectivity index (χ0n) is 17.5. The van der Waals surface area contributed by atoms with E-state index in [4.69, 9.17) is 17.0 Å². The van der Waals surface area contributed by atoms with Crippen molar-refractivity contribution in [1.82, 2.24) is 5.32 Å². The maximum atomic E-state index is 12.5. The summed E-state index contributed by atoms with van der Waals surface area (Å²) in [4.78, 5) is 25.4. The van der Waals surface area contributed by atoms with E-state index >= 15 is 0 Å². The lowest BCUT2D eigenvalue weighted by Crippen LogP contribution is -2.34. The number of benzene rings is 2. The fourth-order valence-corrected chi connectivity index (χ4v) is 3.18. The Labute approximate surface area is 181 Å². The van der Waals surface area contributed by atoms with Crippen molar-refractivity contribution in [3.8, 4) is 5.75 Å². The second kappa shape index (κ2) is 10.5. The van der Waals surface area contributed by atoms with Crippen LogP contribution in [0.15, 0.2) is 36.4 Å². The Bertz CT molecular complexity index is 945. The van der Waals surface area contributed by atoms with E-state index in [1.807, 2.05) is 19.1 Å². The van der Waals surface area contributed by atoms with Gasteiger partial charge in [-0.15, -0.1) is 0 Å². The van der Waals surface area contributed by atoms with Gasteiger partial charge in [0.1, 0.15) is 0 Å². The number of aryl methyl sites for hydroxylation is 1. The summed E-state index contributed by atoms with van der Waals surface area (Å²) in [6.45, 7) is 9.98. The predicted octanol–water partition coefficient (Wildman–Crippen LogP) is 4.27. The number of carbonyl (C=O) groups is 1. The number of hydrogen-bond donors (Lipinski definition) is 2. The van der Waals surface area contributed by atoms with Crippen molar-refractivity contribution in [2.24, 2.45) is 0 Å². The van der Waals surface area contributed by atoms with Crippen LogP contribution in [0.3, 0.4) is 0 Å². The van der Waals surface area contributed by atoms with Crippen LogP contribution in [0.5, 0.6) is 5.75 Å². The summed E-state index contributed by atoms with van der Waals surface area (Å²) in [5, 5.41) is 16.9. The van der Waals surface area contributed by atoms with Gasteiger partial charge in [0, 0.05) is 36.1 Å². The molecule has 0 radical (unpaired) electrons. The van der Waals surface area contributed by atoms with Crippen molar-refractivity contribution in [3.63, 3.8) is 0 Å². The molecule has 0 spiro atoms. The molecule has 2 rings (SSSR count). The summed E-state index contributed by atoms with van der Waals surface area (Å²) in [6.07, 6.45) is 0. The van der Waals surface area contributed by atoms with E-state index < -0.39 is 10.8 Å². The van der Waals surface area contributed by atoms with E-state index in [0.29, 0.717) is 0 Å². The van der Waals surface area contributed by atoms with Crippen LogP contribution in [0.2, 0.25) is 0 Å². The van der Waals surface area contributed by atoms with Crippen molar-refractivity contribution in [2.45, 2.75) is 27.7 Å². The van der Waals surface area contributed by atoms with Crippen molar-refractivity contribution in [3.05, 3.63) is 57.6 Å². The monoisotopic (exact) mass is 430 g/mol. The van der Waals surface area contributed by atoms with Crippen molar-refractivity contribution in [1.29, 1.82) is 0 Å². The van der Waals surface area contributed by atoms with Gasteiger partial charge in [-0.05, 0) is 75.8 Å². The van der Waals surface area contributed by atoms with Crippen LogP contribution in [0, 0.1) is 17.0 Å². The number of nitro groups is 1. The summed E-state index contributed by atoms with van der Waals surface area (Å²) < 4.78 is 5.23. The van der Waals surface area contributed by atoms with Gasteiger partial charge in [0.05, 0.1) is 11.5 Å². The van der Waals surface area contributed by atoms with Crippen molar-refractivity contribution in [2.75, 3.05) is 29.9 Å². The number of nitro benzene ring substituents is 1. The molecule has 0 aliphatic heterocycles. The predicted molar refractivity (Wildman–Crippen MR) is 123 cm³/mol. The molecule has 0 fully saturated rings. The van der Waals surface area contributed by atoms with Gasteiger partial charge in [-0.25, -0.2) is 0 Å². The van der Waals surface area contributed by atoms with Crippen LogP contribution < -0.4 is 20.3 Å². The molecule has 160 valence electrons. The molecule has 30 heavy (non-hydrogen) atoms. The molecular weight excluding hydrogens is 404 g/mol. The van der Waals surface area contributed by atoms with E-state index in [1.165, 1.54) is 18.2 Å². The van der Waals surface area contributed by atoms with Gasteiger partial charge in [0.2, 0.25) is 0 Å². The van der Waals surface area contributed by atoms with E-state index in [-0.39, 0.29) is 28.7 Å². The van der Waals surface area contributed by atoms with Gasteiger partial charge in [0.15, 0.2) is 10.9 Å². The third kappa shape index (κ3) is 5.66. The summed E-state index contributed by atoms with van der Waals surface area (Å²) in [5.74, 6) is -0.431. The van der Waals surface area contributed by atoms with E-state index in [1.54, 1.807) is 6.92 Å². The number of ether oxygens (including phenoxy) is 1. The first-order valence-electron chi connectivity index (χ1n) is 9.69. The Morgan fingerprint density at radius 2 is 1.87 bits per heavy atom. The normalized spacial score (nSPS) is 10.3. The average Bonchev–Trinajstić information content (AvgIpc) is 2.71. The quantitative estimate of drug-likeness (QED) is 0.367. The third-order valence-electron chi connectivity index (χ3n) is 4.53. The highest BCUT2D eigenvalue weighted by Gasteiger charge is 2.19. The van der Waals surface area contributed by atoms with Crippen LogP contribution in [0.1, 0.15) is 36.7 Å². The van der Waals surface area contributed by atoms with Crippen LogP contribution in [0.25, 0.3) is 0 Å². The molecule has 1 amide bonds. The standard InChI is InChI=1S/C21H26N4O4S/c1-5-24(6-2)16-9-10-17(14(4)12-16)22-21(30)23-20(26)15-8-11-19(29-7-3)18(13-15)25(27)28/h8-13H,5-7H2,1-4H3,(H2,22,23,26,30). The van der Waals surface area contributed by atoms with Gasteiger partial charge in [0.25, 0.3) is 5.91 Å². The van der Waals surface area contributed by atoms with E-state index in [2.05, 4.69) is 35.4 Å². The highest BCUT2D eigenvalue weighted by atomic mass is 32.1. The van der Waals surface area contributed by atoms with Gasteiger partial charge in [-0.2, -0.15) is 0 Å². The van der Waals surface area contributed by atoms with Crippen molar-refractivity contribution >= 4 is 40.3 Å². The number of nitrogens with zero attached hydrogens (tertiary/aromatic N) is 2. The van der Waals surface area contributed by atoms with Crippen LogP contribution in [-0.4, -0.2) is 35.6 Å². The van der Waals surface area contributed by atoms with Gasteiger partial charge >= 0.3 is 5.69 Å². The van der Waals surface area contributed by atoms with Crippen LogP contribution in [0.4, 0.5) is 17.1 Å². The molecule has 0 aromatic heterocycles. The molecule has 2 N–H and O–H groups in total. The Kier molecular flexibility index (Phi) is 8.11. The number of amides is 1. The minimum absolute atomic E-state index is 0.107. The van der Waals surface area contributed by atoms with Gasteiger partial charge in [-0.1, -0.05) is 0 Å². The Balaban J connectivity index is 2.10. The summed E-state index contributed by atoms with van der Waals surface area (Å²) in [6, 6.07) is 9.98. The maximum absolute atomic E-state index is 12.5. The number of hydrogen-bond acceptors (Lipinski definition) is 6. The first kappa shape index (κ1) is 23.1. The highest BCUT2D eigenvalue weighted by Crippen LogP contribution is 2.28. The topological polar surface area (TPSA) is 96.7 Å². The largest absolute Gasteiger partial charge is 0.487 e. The lowest BCUT2D eigenvalue weighted by Gasteiger charge is -2.22. The summed E-state index contributed by atoms with van der Waals surface area (Å²) >= 11 is 5.24. The molecule has 0 saturated heterocycles. The molecule has 0 heterocycles. The zero-order chi connectivity index (χ0) is 22.3. The smallest absolute Gasteiger partial charge is 0.311 e. The van der Waals surface area contributed by atoms with Crippen molar-refractivity contribution < 1.29 is 14.5 Å². The molecule has 0 atom stereocenters. The molecule has 9 heteroatoms. The van der Waals surface area contributed by atoms with Crippen LogP contribution >= 0.6 is 12.2 Å². The van der Waals surface area contributed by atoms with E-state index in [9.17, 15) is 14.9 Å². The molecule has 2 aromatic carbocycles. The number of nitrogens with one attached hydrogen (secondary N) is 2. The second-order valence-electron chi connectivity index (χ2n) is 6.45. The Hall–Kier alpha value is -3.20. The molecule has 0 aliphatic rings. The van der Waals surface area contributed by atoms with Gasteiger partial charge < -0.3 is 15.0 Å². The van der Waals surface area contributed by atoms with Crippen LogP contribution in [-0.2, 0) is 0 Å².